The Hall–Kier alpha value is -3.13. The van der Waals surface area contributed by atoms with Gasteiger partial charge in [0.2, 0.25) is 5.43 Å². The van der Waals surface area contributed by atoms with Gasteiger partial charge in [-0.1, -0.05) is 52.8 Å². The lowest BCUT2D eigenvalue weighted by atomic mass is 10.1. The van der Waals surface area contributed by atoms with E-state index in [0.717, 1.165) is 5.56 Å². The molecule has 0 aliphatic carbocycles. The highest BCUT2D eigenvalue weighted by molar-refractivity contribution is 7.92. The Kier molecular flexibility index (Phi) is 7.82. The molecule has 1 amide bonds. The van der Waals surface area contributed by atoms with Crippen LogP contribution in [0.15, 0.2) is 58.4 Å². The molecular weight excluding hydrogens is 450 g/mol. The van der Waals surface area contributed by atoms with E-state index in [9.17, 15) is 18.0 Å². The molecule has 0 saturated carbocycles. The predicted octanol–water partition coefficient (Wildman–Crippen LogP) is 4.65. The number of carbonyl (C=O) groups is 1. The number of pyridine rings is 1. The number of aromatic amines is 1. The van der Waals surface area contributed by atoms with Gasteiger partial charge in [0.25, 0.3) is 15.9 Å². The summed E-state index contributed by atoms with van der Waals surface area (Å²) in [4.78, 5) is 31.2. The maximum Gasteiger partial charge on any atom is 0.261 e. The maximum absolute atomic E-state index is 13.3. The third-order valence-corrected chi connectivity index (χ3v) is 6.86. The molecule has 8 heteroatoms. The minimum absolute atomic E-state index is 0.00707. The smallest absolute Gasteiger partial charge is 0.261 e. The Morgan fingerprint density at radius 2 is 1.68 bits per heavy atom. The normalized spacial score (nSPS) is 11.9. The molecule has 34 heavy (non-hydrogen) atoms. The molecule has 3 rings (SSSR count). The molecular formula is C26H33N3O4S. The summed E-state index contributed by atoms with van der Waals surface area (Å²) < 4.78 is 28.8. The summed E-state index contributed by atoms with van der Waals surface area (Å²) in [6.45, 7) is 11.1. The number of hydrogen-bond acceptors (Lipinski definition) is 4. The third kappa shape index (κ3) is 5.67. The van der Waals surface area contributed by atoms with Crippen molar-refractivity contribution in [3.8, 4) is 0 Å². The summed E-state index contributed by atoms with van der Waals surface area (Å²) in [5, 5.41) is 0.159. The number of carbonyl (C=O) groups excluding carboxylic acids is 1. The van der Waals surface area contributed by atoms with Gasteiger partial charge in [-0.15, -0.1) is 0 Å². The van der Waals surface area contributed by atoms with Gasteiger partial charge >= 0.3 is 0 Å². The zero-order valence-electron chi connectivity index (χ0n) is 20.4. The monoisotopic (exact) mass is 483 g/mol. The molecule has 3 aromatic rings. The van der Waals surface area contributed by atoms with Crippen molar-refractivity contribution in [2.75, 3.05) is 17.8 Å². The fraction of sp³-hybridized carbons (Fsp3) is 0.385. The van der Waals surface area contributed by atoms with Gasteiger partial charge in [-0.25, -0.2) is 8.42 Å². The van der Waals surface area contributed by atoms with Crippen LogP contribution in [0.1, 0.15) is 50.5 Å². The van der Waals surface area contributed by atoms with E-state index in [1.807, 2.05) is 46.8 Å². The van der Waals surface area contributed by atoms with Crippen molar-refractivity contribution in [2.45, 2.75) is 45.9 Å². The number of para-hydroxylation sites is 1. The number of anilines is 1. The van der Waals surface area contributed by atoms with Gasteiger partial charge in [-0.2, -0.15) is 0 Å². The van der Waals surface area contributed by atoms with Crippen LogP contribution in [0.25, 0.3) is 10.9 Å². The number of aryl methyl sites for hydroxylation is 1. The van der Waals surface area contributed by atoms with Crippen LogP contribution in [-0.2, 0) is 16.4 Å². The number of nitrogens with zero attached hydrogens (tertiary/aromatic N) is 1. The molecule has 0 radical (unpaired) electrons. The SMILES string of the molecule is CCc1ccccc1NS(=O)(=O)c1ccc2[nH]cc(C(=O)N(CC(C)C)CC(C)C)c(=O)c2c1. The number of fused-ring (bicyclic) bond motifs is 1. The molecule has 1 heterocycles. The molecule has 2 aromatic carbocycles. The second-order valence-electron chi connectivity index (χ2n) is 9.35. The molecule has 0 aliphatic rings. The fourth-order valence-electron chi connectivity index (χ4n) is 3.95. The molecule has 0 unspecified atom stereocenters. The summed E-state index contributed by atoms with van der Waals surface area (Å²) in [5.41, 5.74) is 1.36. The Morgan fingerprint density at radius 3 is 2.29 bits per heavy atom. The molecule has 0 spiro atoms. The number of benzene rings is 2. The van der Waals surface area contributed by atoms with Crippen LogP contribution in [-0.4, -0.2) is 37.3 Å². The molecule has 0 saturated heterocycles. The van der Waals surface area contributed by atoms with E-state index in [1.165, 1.54) is 18.3 Å². The van der Waals surface area contributed by atoms with Gasteiger partial charge in [0.05, 0.1) is 10.6 Å². The number of rotatable bonds is 9. The van der Waals surface area contributed by atoms with Crippen molar-refractivity contribution in [3.05, 3.63) is 70.0 Å². The van der Waals surface area contributed by atoms with Crippen LogP contribution in [0, 0.1) is 11.8 Å². The van der Waals surface area contributed by atoms with Gasteiger partial charge in [0.15, 0.2) is 0 Å². The average Bonchev–Trinajstić information content (AvgIpc) is 2.78. The summed E-state index contributed by atoms with van der Waals surface area (Å²) in [6, 6.07) is 11.5. The van der Waals surface area contributed by atoms with Crippen LogP contribution in [0.5, 0.6) is 0 Å². The second kappa shape index (κ2) is 10.4. The van der Waals surface area contributed by atoms with E-state index < -0.39 is 15.5 Å². The number of amides is 1. The fourth-order valence-corrected chi connectivity index (χ4v) is 5.07. The minimum atomic E-state index is -3.93. The molecule has 0 aliphatic heterocycles. The number of aromatic nitrogens is 1. The largest absolute Gasteiger partial charge is 0.360 e. The van der Waals surface area contributed by atoms with E-state index in [4.69, 9.17) is 0 Å². The van der Waals surface area contributed by atoms with Gasteiger partial charge in [-0.3, -0.25) is 14.3 Å². The molecule has 0 bridgehead atoms. The molecule has 0 fully saturated rings. The van der Waals surface area contributed by atoms with E-state index in [1.54, 1.807) is 23.1 Å². The third-order valence-electron chi connectivity index (χ3n) is 5.49. The Labute approximate surface area is 201 Å². The topological polar surface area (TPSA) is 99.3 Å². The van der Waals surface area contributed by atoms with Crippen molar-refractivity contribution in [3.63, 3.8) is 0 Å². The molecule has 2 N–H and O–H groups in total. The van der Waals surface area contributed by atoms with Crippen LogP contribution in [0.3, 0.4) is 0 Å². The van der Waals surface area contributed by atoms with E-state index in [2.05, 4.69) is 9.71 Å². The molecule has 182 valence electrons. The second-order valence-corrected chi connectivity index (χ2v) is 11.0. The van der Waals surface area contributed by atoms with Crippen molar-refractivity contribution < 1.29 is 13.2 Å². The van der Waals surface area contributed by atoms with Gasteiger partial charge < -0.3 is 9.88 Å². The van der Waals surface area contributed by atoms with E-state index >= 15 is 0 Å². The van der Waals surface area contributed by atoms with Gasteiger partial charge in [0.1, 0.15) is 5.56 Å². The van der Waals surface area contributed by atoms with Crippen molar-refractivity contribution in [1.82, 2.24) is 9.88 Å². The standard InChI is InChI=1S/C26H33N3O4S/c1-6-19-9-7-8-10-23(19)28-34(32,33)20-11-12-24-21(13-20)25(30)22(14-27-24)26(31)29(15-17(2)3)16-18(4)5/h7-14,17-18,28H,6,15-16H2,1-5H3,(H,27,30). The quantitative estimate of drug-likeness (QED) is 0.463. The van der Waals surface area contributed by atoms with E-state index in [-0.39, 0.29) is 33.6 Å². The first-order valence-electron chi connectivity index (χ1n) is 11.6. The highest BCUT2D eigenvalue weighted by atomic mass is 32.2. The van der Waals surface area contributed by atoms with E-state index in [0.29, 0.717) is 30.7 Å². The van der Waals surface area contributed by atoms with Crippen molar-refractivity contribution >= 4 is 32.5 Å². The lowest BCUT2D eigenvalue weighted by Gasteiger charge is -2.26. The maximum atomic E-state index is 13.3. The first kappa shape index (κ1) is 25.5. The predicted molar refractivity (Wildman–Crippen MR) is 137 cm³/mol. The summed E-state index contributed by atoms with van der Waals surface area (Å²) in [7, 11) is -3.93. The van der Waals surface area contributed by atoms with Crippen LogP contribution >= 0.6 is 0 Å². The Morgan fingerprint density at radius 1 is 1.03 bits per heavy atom. The van der Waals surface area contributed by atoms with Gasteiger partial charge in [-0.05, 0) is 48.1 Å². The zero-order chi connectivity index (χ0) is 25.0. The average molecular weight is 484 g/mol. The van der Waals surface area contributed by atoms with Crippen LogP contribution in [0.4, 0.5) is 5.69 Å². The minimum Gasteiger partial charge on any atom is -0.360 e. The lowest BCUT2D eigenvalue weighted by Crippen LogP contribution is -2.39. The van der Waals surface area contributed by atoms with Crippen molar-refractivity contribution in [2.24, 2.45) is 11.8 Å². The lowest BCUT2D eigenvalue weighted by molar-refractivity contribution is 0.0713. The highest BCUT2D eigenvalue weighted by Crippen LogP contribution is 2.22. The van der Waals surface area contributed by atoms with Gasteiger partial charge in [0, 0.05) is 30.2 Å². The zero-order valence-corrected chi connectivity index (χ0v) is 21.2. The summed E-state index contributed by atoms with van der Waals surface area (Å²) in [6.07, 6.45) is 2.09. The number of sulfonamides is 1. The van der Waals surface area contributed by atoms with Crippen LogP contribution < -0.4 is 10.2 Å². The number of H-pyrrole nitrogens is 1. The molecule has 7 nitrogen and oxygen atoms in total. The first-order chi connectivity index (χ1) is 16.0. The summed E-state index contributed by atoms with van der Waals surface area (Å²) in [5.74, 6) is 0.140. The Balaban J connectivity index is 2.03. The number of nitrogens with one attached hydrogen (secondary N) is 2. The number of hydrogen-bond donors (Lipinski definition) is 2. The first-order valence-corrected chi connectivity index (χ1v) is 13.1. The van der Waals surface area contributed by atoms with Crippen LogP contribution in [0.2, 0.25) is 0 Å². The molecule has 1 aromatic heterocycles. The Bertz CT molecular complexity index is 1330. The molecule has 0 atom stereocenters. The summed E-state index contributed by atoms with van der Waals surface area (Å²) >= 11 is 0. The highest BCUT2D eigenvalue weighted by Gasteiger charge is 2.23. The van der Waals surface area contributed by atoms with Crippen molar-refractivity contribution in [1.29, 1.82) is 0 Å².